The van der Waals surface area contributed by atoms with Crippen LogP contribution in [0, 0.1) is 0 Å². The lowest BCUT2D eigenvalue weighted by atomic mass is 10.1. The van der Waals surface area contributed by atoms with Gasteiger partial charge in [-0.15, -0.1) is 0 Å². The van der Waals surface area contributed by atoms with E-state index in [-0.39, 0.29) is 12.3 Å². The monoisotopic (exact) mass is 311 g/mol. The summed E-state index contributed by atoms with van der Waals surface area (Å²) in [4.78, 5) is 27.1. The second kappa shape index (κ2) is 12.8. The number of nitrogens with zero attached hydrogens (tertiary/aromatic N) is 2. The Bertz CT molecular complexity index is 393. The van der Waals surface area contributed by atoms with Gasteiger partial charge in [0.25, 0.3) is 0 Å². The predicted molar refractivity (Wildman–Crippen MR) is 89.8 cm³/mol. The van der Waals surface area contributed by atoms with Gasteiger partial charge in [-0.2, -0.15) is 5.10 Å². The number of unbranched alkanes of at least 4 members (excludes halogenated alkanes) is 4. The number of nitrogens with one attached hydrogen (secondary N) is 1. The van der Waals surface area contributed by atoms with E-state index >= 15 is 0 Å². The Morgan fingerprint density at radius 3 is 2.41 bits per heavy atom. The number of carbonyl (C=O) groups excluding carboxylic acids is 2. The molecule has 0 rings (SSSR count). The number of primary amides is 1. The van der Waals surface area contributed by atoms with Crippen molar-refractivity contribution in [2.75, 3.05) is 6.54 Å². The highest BCUT2D eigenvalue weighted by Gasteiger charge is 2.19. The smallest absolute Gasteiger partial charge is 0.220 e. The summed E-state index contributed by atoms with van der Waals surface area (Å²) in [6, 6.07) is -0.624. The molecule has 0 saturated carbocycles. The first-order chi connectivity index (χ1) is 10.5. The number of hydrazone groups is 1. The predicted octanol–water partition coefficient (Wildman–Crippen LogP) is 1.11. The molecule has 0 aliphatic rings. The van der Waals surface area contributed by atoms with Gasteiger partial charge in [0.15, 0.2) is 0 Å². The minimum atomic E-state index is -0.624. The lowest BCUT2D eigenvalue weighted by Crippen LogP contribution is -2.44. The van der Waals surface area contributed by atoms with Crippen molar-refractivity contribution in [3.05, 3.63) is 0 Å². The van der Waals surface area contributed by atoms with Gasteiger partial charge in [-0.1, -0.05) is 32.6 Å². The maximum atomic E-state index is 12.0. The quantitative estimate of drug-likeness (QED) is 0.216. The molecule has 1 atom stereocenters. The molecule has 0 radical (unpaired) electrons. The SMILES string of the molecule is CCCCCCCC(=O)N[C@H](CC(N)=O)C(C=NCC)=NN. The van der Waals surface area contributed by atoms with E-state index in [4.69, 9.17) is 11.6 Å². The van der Waals surface area contributed by atoms with Crippen LogP contribution < -0.4 is 16.9 Å². The lowest BCUT2D eigenvalue weighted by molar-refractivity contribution is -0.122. The molecule has 0 aromatic rings. The van der Waals surface area contributed by atoms with Crippen LogP contribution in [0.4, 0.5) is 0 Å². The fraction of sp³-hybridized carbons (Fsp3) is 0.733. The van der Waals surface area contributed by atoms with E-state index in [2.05, 4.69) is 22.3 Å². The van der Waals surface area contributed by atoms with Gasteiger partial charge in [-0.25, -0.2) is 0 Å². The van der Waals surface area contributed by atoms with Crippen molar-refractivity contribution >= 4 is 23.7 Å². The van der Waals surface area contributed by atoms with Gasteiger partial charge in [-0.3, -0.25) is 14.6 Å². The largest absolute Gasteiger partial charge is 0.370 e. The van der Waals surface area contributed by atoms with Crippen LogP contribution in [0.2, 0.25) is 0 Å². The van der Waals surface area contributed by atoms with E-state index in [0.717, 1.165) is 19.3 Å². The van der Waals surface area contributed by atoms with Crippen LogP contribution in [0.5, 0.6) is 0 Å². The van der Waals surface area contributed by atoms with E-state index in [1.807, 2.05) is 6.92 Å². The van der Waals surface area contributed by atoms with Gasteiger partial charge in [0.2, 0.25) is 11.8 Å². The van der Waals surface area contributed by atoms with Crippen molar-refractivity contribution in [3.8, 4) is 0 Å². The molecule has 22 heavy (non-hydrogen) atoms. The van der Waals surface area contributed by atoms with Crippen LogP contribution in [0.25, 0.3) is 0 Å². The van der Waals surface area contributed by atoms with E-state index in [9.17, 15) is 9.59 Å². The fourth-order valence-corrected chi connectivity index (χ4v) is 1.98. The van der Waals surface area contributed by atoms with Gasteiger partial charge in [0.05, 0.1) is 12.5 Å². The number of hydrogen-bond acceptors (Lipinski definition) is 5. The third kappa shape index (κ3) is 9.90. The Morgan fingerprint density at radius 2 is 1.86 bits per heavy atom. The molecular formula is C15H29N5O2. The number of rotatable bonds is 12. The van der Waals surface area contributed by atoms with Crippen molar-refractivity contribution in [3.63, 3.8) is 0 Å². The Kier molecular flexibility index (Phi) is 11.7. The Morgan fingerprint density at radius 1 is 1.18 bits per heavy atom. The highest BCUT2D eigenvalue weighted by Crippen LogP contribution is 2.05. The summed E-state index contributed by atoms with van der Waals surface area (Å²) in [7, 11) is 0. The van der Waals surface area contributed by atoms with E-state index in [0.29, 0.717) is 18.7 Å². The number of carbonyl (C=O) groups is 2. The second-order valence-electron chi connectivity index (χ2n) is 5.14. The molecule has 0 saturated heterocycles. The van der Waals surface area contributed by atoms with Gasteiger partial charge >= 0.3 is 0 Å². The summed E-state index contributed by atoms with van der Waals surface area (Å²) < 4.78 is 0. The maximum Gasteiger partial charge on any atom is 0.220 e. The standard InChI is InChI=1S/C15H29N5O2/c1-3-5-6-7-8-9-15(22)19-12(10-14(16)21)13(20-17)11-18-4-2/h11-12H,3-10,17H2,1-2H3,(H2,16,21)(H,19,22)/t12-/m1/s1. The number of hydrogen-bond donors (Lipinski definition) is 3. The highest BCUT2D eigenvalue weighted by atomic mass is 16.2. The zero-order chi connectivity index (χ0) is 16.8. The van der Waals surface area contributed by atoms with Crippen molar-refractivity contribution < 1.29 is 9.59 Å². The number of amides is 2. The average Bonchev–Trinajstić information content (AvgIpc) is 2.47. The molecule has 0 aliphatic heterocycles. The molecule has 7 nitrogen and oxygen atoms in total. The Labute approximate surface area is 132 Å². The molecule has 0 heterocycles. The fourth-order valence-electron chi connectivity index (χ4n) is 1.98. The molecule has 0 fully saturated rings. The summed E-state index contributed by atoms with van der Waals surface area (Å²) >= 11 is 0. The summed E-state index contributed by atoms with van der Waals surface area (Å²) in [5, 5.41) is 6.36. The zero-order valence-corrected chi connectivity index (χ0v) is 13.7. The average molecular weight is 311 g/mol. The molecule has 0 aromatic carbocycles. The Balaban J connectivity index is 4.48. The van der Waals surface area contributed by atoms with Crippen LogP contribution in [0.15, 0.2) is 10.1 Å². The number of aliphatic imine (C=N–C) groups is 1. The summed E-state index contributed by atoms with van der Waals surface area (Å²) in [5.41, 5.74) is 5.56. The van der Waals surface area contributed by atoms with Crippen molar-refractivity contribution in [1.29, 1.82) is 0 Å². The van der Waals surface area contributed by atoms with Crippen LogP contribution in [0.3, 0.4) is 0 Å². The summed E-state index contributed by atoms with van der Waals surface area (Å²) in [6.45, 7) is 4.57. The van der Waals surface area contributed by atoms with Crippen molar-refractivity contribution in [1.82, 2.24) is 5.32 Å². The molecule has 126 valence electrons. The minimum absolute atomic E-state index is 0.0483. The van der Waals surface area contributed by atoms with Crippen molar-refractivity contribution in [2.45, 2.75) is 64.8 Å². The minimum Gasteiger partial charge on any atom is -0.370 e. The highest BCUT2D eigenvalue weighted by molar-refractivity contribution is 6.33. The third-order valence-electron chi connectivity index (χ3n) is 3.16. The molecular weight excluding hydrogens is 282 g/mol. The third-order valence-corrected chi connectivity index (χ3v) is 3.16. The first-order valence-electron chi connectivity index (χ1n) is 7.90. The molecule has 5 N–H and O–H groups in total. The first kappa shape index (κ1) is 20.1. The first-order valence-corrected chi connectivity index (χ1v) is 7.90. The second-order valence-corrected chi connectivity index (χ2v) is 5.14. The molecule has 2 amide bonds. The van der Waals surface area contributed by atoms with E-state index in [1.165, 1.54) is 19.1 Å². The molecule has 7 heteroatoms. The molecule has 0 bridgehead atoms. The summed E-state index contributed by atoms with van der Waals surface area (Å²) in [6.07, 6.45) is 7.17. The van der Waals surface area contributed by atoms with E-state index < -0.39 is 11.9 Å². The lowest BCUT2D eigenvalue weighted by Gasteiger charge is -2.16. The molecule has 0 spiro atoms. The van der Waals surface area contributed by atoms with Crippen LogP contribution in [0.1, 0.15) is 58.8 Å². The van der Waals surface area contributed by atoms with E-state index in [1.54, 1.807) is 0 Å². The Hall–Kier alpha value is -1.92. The maximum absolute atomic E-state index is 12.0. The van der Waals surface area contributed by atoms with Crippen LogP contribution in [-0.2, 0) is 9.59 Å². The zero-order valence-electron chi connectivity index (χ0n) is 13.7. The molecule has 0 aliphatic carbocycles. The van der Waals surface area contributed by atoms with Gasteiger partial charge in [0, 0.05) is 19.2 Å². The van der Waals surface area contributed by atoms with Crippen LogP contribution >= 0.6 is 0 Å². The van der Waals surface area contributed by atoms with Crippen LogP contribution in [-0.4, -0.2) is 36.3 Å². The number of nitrogens with two attached hydrogens (primary N) is 2. The normalized spacial score (nSPS) is 13.3. The topological polar surface area (TPSA) is 123 Å². The summed E-state index contributed by atoms with van der Waals surface area (Å²) in [5.74, 6) is 4.65. The van der Waals surface area contributed by atoms with Gasteiger partial charge in [0.1, 0.15) is 5.71 Å². The van der Waals surface area contributed by atoms with Gasteiger partial charge in [-0.05, 0) is 13.3 Å². The molecule has 0 aromatic heterocycles. The van der Waals surface area contributed by atoms with Crippen molar-refractivity contribution in [2.24, 2.45) is 21.7 Å². The van der Waals surface area contributed by atoms with Gasteiger partial charge < -0.3 is 16.9 Å². The molecule has 0 unspecified atom stereocenters.